The van der Waals surface area contributed by atoms with Crippen LogP contribution in [0.3, 0.4) is 0 Å². The quantitative estimate of drug-likeness (QED) is 0.255. The molecule has 0 spiro atoms. The smallest absolute Gasteiger partial charge is 0.188 e. The van der Waals surface area contributed by atoms with Gasteiger partial charge in [-0.15, -0.1) is 0 Å². The Hall–Kier alpha value is -2.87. The standard InChI is InChI=1S/C13H10N4O/c14-13(17-18)12-4-3-11(9-16-12)2-1-10-5-7-15-8-6-10/h3-9,18H,(H2,14,17). The molecule has 0 saturated carbocycles. The molecular formula is C13H10N4O. The van der Waals surface area contributed by atoms with Gasteiger partial charge in [0.05, 0.1) is 0 Å². The summed E-state index contributed by atoms with van der Waals surface area (Å²) in [4.78, 5) is 7.94. The maximum absolute atomic E-state index is 8.50. The predicted molar refractivity (Wildman–Crippen MR) is 67.0 cm³/mol. The Balaban J connectivity index is 2.19. The highest BCUT2D eigenvalue weighted by atomic mass is 16.4. The average Bonchev–Trinajstić information content (AvgIpc) is 2.46. The fourth-order valence-electron chi connectivity index (χ4n) is 1.25. The summed E-state index contributed by atoms with van der Waals surface area (Å²) in [5.41, 5.74) is 7.44. The Morgan fingerprint density at radius 2 is 1.83 bits per heavy atom. The van der Waals surface area contributed by atoms with Gasteiger partial charge in [0.1, 0.15) is 5.69 Å². The van der Waals surface area contributed by atoms with E-state index >= 15 is 0 Å². The molecule has 5 heteroatoms. The third-order valence-corrected chi connectivity index (χ3v) is 2.17. The first-order valence-corrected chi connectivity index (χ1v) is 5.15. The van der Waals surface area contributed by atoms with E-state index in [2.05, 4.69) is 27.0 Å². The van der Waals surface area contributed by atoms with Gasteiger partial charge in [-0.05, 0) is 24.3 Å². The molecule has 0 aromatic carbocycles. The van der Waals surface area contributed by atoms with Gasteiger partial charge >= 0.3 is 0 Å². The lowest BCUT2D eigenvalue weighted by atomic mass is 10.2. The summed E-state index contributed by atoms with van der Waals surface area (Å²) in [6.07, 6.45) is 4.94. The van der Waals surface area contributed by atoms with Crippen LogP contribution in [0.25, 0.3) is 0 Å². The van der Waals surface area contributed by atoms with Crippen LogP contribution in [-0.4, -0.2) is 21.0 Å². The number of hydrogen-bond acceptors (Lipinski definition) is 4. The van der Waals surface area contributed by atoms with Crippen LogP contribution in [-0.2, 0) is 0 Å². The maximum Gasteiger partial charge on any atom is 0.188 e. The maximum atomic E-state index is 8.50. The molecular weight excluding hydrogens is 228 g/mol. The van der Waals surface area contributed by atoms with Gasteiger partial charge in [0.25, 0.3) is 0 Å². The Morgan fingerprint density at radius 1 is 1.11 bits per heavy atom. The van der Waals surface area contributed by atoms with Crippen molar-refractivity contribution in [3.05, 3.63) is 59.7 Å². The van der Waals surface area contributed by atoms with Gasteiger partial charge in [-0.2, -0.15) is 0 Å². The van der Waals surface area contributed by atoms with Crippen molar-refractivity contribution in [3.8, 4) is 11.8 Å². The van der Waals surface area contributed by atoms with Gasteiger partial charge < -0.3 is 10.9 Å². The Kier molecular flexibility index (Phi) is 3.52. The number of oxime groups is 1. The predicted octanol–water partition coefficient (Wildman–Crippen LogP) is 0.971. The van der Waals surface area contributed by atoms with Gasteiger partial charge in [-0.3, -0.25) is 9.97 Å². The molecule has 0 aliphatic carbocycles. The van der Waals surface area contributed by atoms with E-state index in [4.69, 9.17) is 10.9 Å². The molecule has 88 valence electrons. The third kappa shape index (κ3) is 2.83. The summed E-state index contributed by atoms with van der Waals surface area (Å²) < 4.78 is 0. The monoisotopic (exact) mass is 238 g/mol. The Morgan fingerprint density at radius 3 is 2.44 bits per heavy atom. The minimum absolute atomic E-state index is 0.0244. The van der Waals surface area contributed by atoms with Gasteiger partial charge in [0.2, 0.25) is 0 Å². The van der Waals surface area contributed by atoms with Crippen molar-refractivity contribution in [3.63, 3.8) is 0 Å². The molecule has 2 aromatic heterocycles. The van der Waals surface area contributed by atoms with E-state index in [0.717, 1.165) is 11.1 Å². The summed E-state index contributed by atoms with van der Waals surface area (Å²) in [5.74, 6) is 5.92. The van der Waals surface area contributed by atoms with Crippen LogP contribution in [0.4, 0.5) is 0 Å². The first-order chi connectivity index (χ1) is 8.79. The molecule has 0 fully saturated rings. The molecule has 0 bridgehead atoms. The number of nitrogens with two attached hydrogens (primary N) is 1. The summed E-state index contributed by atoms with van der Waals surface area (Å²) in [5, 5.41) is 11.4. The summed E-state index contributed by atoms with van der Waals surface area (Å²) in [6, 6.07) is 7.05. The summed E-state index contributed by atoms with van der Waals surface area (Å²) in [7, 11) is 0. The zero-order valence-corrected chi connectivity index (χ0v) is 9.41. The van der Waals surface area contributed by atoms with Crippen molar-refractivity contribution in [1.29, 1.82) is 0 Å². The minimum atomic E-state index is -0.0244. The lowest BCUT2D eigenvalue weighted by molar-refractivity contribution is 0.318. The molecule has 5 nitrogen and oxygen atoms in total. The van der Waals surface area contributed by atoms with E-state index in [1.54, 1.807) is 30.7 Å². The number of aromatic nitrogens is 2. The highest BCUT2D eigenvalue weighted by Gasteiger charge is 1.99. The second kappa shape index (κ2) is 5.46. The average molecular weight is 238 g/mol. The van der Waals surface area contributed by atoms with Crippen LogP contribution in [0, 0.1) is 11.8 Å². The van der Waals surface area contributed by atoms with Crippen molar-refractivity contribution >= 4 is 5.84 Å². The van der Waals surface area contributed by atoms with Crippen molar-refractivity contribution < 1.29 is 5.21 Å². The molecule has 0 atom stereocenters. The number of hydrogen-bond donors (Lipinski definition) is 2. The lowest BCUT2D eigenvalue weighted by Crippen LogP contribution is -2.14. The van der Waals surface area contributed by atoms with E-state index in [1.807, 2.05) is 12.1 Å². The SMILES string of the molecule is N/C(=N\O)c1ccc(C#Cc2ccncc2)cn1. The molecule has 0 aliphatic rings. The third-order valence-electron chi connectivity index (χ3n) is 2.17. The molecule has 0 aliphatic heterocycles. The molecule has 2 aromatic rings. The number of rotatable bonds is 1. The zero-order valence-electron chi connectivity index (χ0n) is 9.41. The number of amidine groups is 1. The number of pyridine rings is 2. The van der Waals surface area contributed by atoms with Crippen LogP contribution < -0.4 is 5.73 Å². The second-order valence-corrected chi connectivity index (χ2v) is 3.40. The molecule has 0 unspecified atom stereocenters. The van der Waals surface area contributed by atoms with Crippen molar-refractivity contribution in [2.24, 2.45) is 10.9 Å². The van der Waals surface area contributed by atoms with Crippen LogP contribution in [0.1, 0.15) is 16.8 Å². The van der Waals surface area contributed by atoms with Crippen molar-refractivity contribution in [1.82, 2.24) is 9.97 Å². The molecule has 18 heavy (non-hydrogen) atoms. The van der Waals surface area contributed by atoms with E-state index in [9.17, 15) is 0 Å². The topological polar surface area (TPSA) is 84.4 Å². The zero-order chi connectivity index (χ0) is 12.8. The fraction of sp³-hybridized carbons (Fsp3) is 0. The Labute approximate surface area is 104 Å². The summed E-state index contributed by atoms with van der Waals surface area (Å²) >= 11 is 0. The van der Waals surface area contributed by atoms with Gasteiger partial charge in [0.15, 0.2) is 5.84 Å². The molecule has 3 N–H and O–H groups in total. The van der Waals surface area contributed by atoms with Crippen LogP contribution in [0.15, 0.2) is 48.0 Å². The van der Waals surface area contributed by atoms with E-state index in [0.29, 0.717) is 5.69 Å². The van der Waals surface area contributed by atoms with Crippen LogP contribution >= 0.6 is 0 Å². The van der Waals surface area contributed by atoms with Crippen LogP contribution in [0.5, 0.6) is 0 Å². The molecule has 0 radical (unpaired) electrons. The van der Waals surface area contributed by atoms with E-state index in [-0.39, 0.29) is 5.84 Å². The van der Waals surface area contributed by atoms with E-state index in [1.165, 1.54) is 0 Å². The van der Waals surface area contributed by atoms with E-state index < -0.39 is 0 Å². The normalized spacial score (nSPS) is 10.6. The Bertz CT molecular complexity index is 609. The minimum Gasteiger partial charge on any atom is -0.409 e. The first-order valence-electron chi connectivity index (χ1n) is 5.15. The highest BCUT2D eigenvalue weighted by molar-refractivity contribution is 5.95. The molecule has 0 amide bonds. The fourth-order valence-corrected chi connectivity index (χ4v) is 1.25. The molecule has 2 heterocycles. The van der Waals surface area contributed by atoms with Gasteiger partial charge in [-0.25, -0.2) is 0 Å². The molecule has 0 saturated heterocycles. The van der Waals surface area contributed by atoms with Gasteiger partial charge in [-0.1, -0.05) is 17.0 Å². The summed E-state index contributed by atoms with van der Waals surface area (Å²) in [6.45, 7) is 0. The van der Waals surface area contributed by atoms with Crippen LogP contribution in [0.2, 0.25) is 0 Å². The largest absolute Gasteiger partial charge is 0.409 e. The second-order valence-electron chi connectivity index (χ2n) is 3.40. The van der Waals surface area contributed by atoms with Gasteiger partial charge in [0, 0.05) is 29.7 Å². The van der Waals surface area contributed by atoms with Crippen molar-refractivity contribution in [2.45, 2.75) is 0 Å². The van der Waals surface area contributed by atoms with Crippen molar-refractivity contribution in [2.75, 3.05) is 0 Å². The molecule has 2 rings (SSSR count). The lowest BCUT2D eigenvalue weighted by Gasteiger charge is -1.96. The highest BCUT2D eigenvalue weighted by Crippen LogP contribution is 2.00. The number of nitrogens with zero attached hydrogens (tertiary/aromatic N) is 3. The first kappa shape index (κ1) is 11.6.